The molecule has 278 valence electrons. The Morgan fingerprint density at radius 2 is 0.492 bits per heavy atom. The maximum absolute atomic E-state index is 5.22. The van der Waals surface area contributed by atoms with Crippen molar-refractivity contribution in [1.82, 2.24) is 24.7 Å². The summed E-state index contributed by atoms with van der Waals surface area (Å²) in [6.07, 6.45) is 0. The monoisotopic (exact) mass is 755 g/mol. The van der Waals surface area contributed by atoms with Crippen molar-refractivity contribution in [2.24, 2.45) is 0 Å². The minimum atomic E-state index is 0.752. The summed E-state index contributed by atoms with van der Waals surface area (Å²) in [5.74, 6) is 1.50. The van der Waals surface area contributed by atoms with Crippen LogP contribution in [0, 0.1) is 0 Å². The Hall–Kier alpha value is -8.02. The molecule has 0 bridgehead atoms. The van der Waals surface area contributed by atoms with E-state index in [2.05, 4.69) is 168 Å². The first-order chi connectivity index (χ1) is 29.2. The number of benzene rings is 7. The van der Waals surface area contributed by atoms with E-state index < -0.39 is 0 Å². The third-order valence-electron chi connectivity index (χ3n) is 10.5. The first kappa shape index (κ1) is 35.4. The smallest absolute Gasteiger partial charge is 0.168 e. The molecule has 7 aromatic carbocycles. The molecule has 0 spiro atoms. The Morgan fingerprint density at radius 1 is 0.237 bits per heavy atom. The topological polar surface area (TPSA) is 56.5 Å². The molecule has 3 aromatic heterocycles. The van der Waals surface area contributed by atoms with Crippen molar-refractivity contribution in [3.05, 3.63) is 224 Å². The largest absolute Gasteiger partial charge is 0.275 e. The molecule has 0 N–H and O–H groups in total. The molecule has 0 aliphatic rings. The van der Waals surface area contributed by atoms with Gasteiger partial charge in [0.05, 0.1) is 28.5 Å². The average Bonchev–Trinajstić information content (AvgIpc) is 3.78. The van der Waals surface area contributed by atoms with E-state index in [1.807, 2.05) is 60.7 Å². The minimum absolute atomic E-state index is 0.752. The standard InChI is InChI=1S/C54H37N5/c1-7-19-38(20-8-1)49-34-46(35-50(55-49)39-21-9-2-10-22-39)44-31-45(47-36-51(40-23-11-3-12-24-40)56-52(37-47)41-25-13-4-14-26-41)33-48(32-44)59-53(42-27-15-5-16-28-42)57-58-54(59)43-29-17-6-18-30-43/h1-37H. The van der Waals surface area contributed by atoms with Crippen LogP contribution >= 0.6 is 0 Å². The van der Waals surface area contributed by atoms with Crippen molar-refractivity contribution >= 4 is 0 Å². The molecule has 3 heterocycles. The summed E-state index contributed by atoms with van der Waals surface area (Å²) < 4.78 is 2.19. The van der Waals surface area contributed by atoms with Gasteiger partial charge >= 0.3 is 0 Å². The van der Waals surface area contributed by atoms with E-state index in [1.54, 1.807) is 0 Å². The van der Waals surface area contributed by atoms with Crippen LogP contribution in [-0.4, -0.2) is 24.7 Å². The second-order valence-electron chi connectivity index (χ2n) is 14.4. The van der Waals surface area contributed by atoms with Crippen molar-refractivity contribution in [3.8, 4) is 95.7 Å². The lowest BCUT2D eigenvalue weighted by Gasteiger charge is -2.17. The molecule has 0 aliphatic carbocycles. The molecule has 0 amide bonds. The summed E-state index contributed by atoms with van der Waals surface area (Å²) in [6.45, 7) is 0. The number of hydrogen-bond acceptors (Lipinski definition) is 4. The molecule has 5 nitrogen and oxygen atoms in total. The number of pyridine rings is 2. The Morgan fingerprint density at radius 3 is 0.780 bits per heavy atom. The summed E-state index contributed by atoms with van der Waals surface area (Å²) in [5.41, 5.74) is 14.8. The van der Waals surface area contributed by atoms with Crippen LogP contribution in [0.15, 0.2) is 224 Å². The zero-order valence-corrected chi connectivity index (χ0v) is 32.1. The van der Waals surface area contributed by atoms with Gasteiger partial charge in [0.25, 0.3) is 0 Å². The van der Waals surface area contributed by atoms with Gasteiger partial charge in [0.15, 0.2) is 11.6 Å². The fourth-order valence-corrected chi connectivity index (χ4v) is 7.57. The Kier molecular flexibility index (Phi) is 9.51. The highest BCUT2D eigenvalue weighted by Gasteiger charge is 2.20. The van der Waals surface area contributed by atoms with Crippen molar-refractivity contribution < 1.29 is 0 Å². The van der Waals surface area contributed by atoms with Crippen LogP contribution < -0.4 is 0 Å². The Labute approximate surface area is 343 Å². The summed E-state index contributed by atoms with van der Waals surface area (Å²) >= 11 is 0. The summed E-state index contributed by atoms with van der Waals surface area (Å²) in [6, 6.07) is 77.7. The molecule has 59 heavy (non-hydrogen) atoms. The fourth-order valence-electron chi connectivity index (χ4n) is 7.57. The lowest BCUT2D eigenvalue weighted by molar-refractivity contribution is 1.07. The quantitative estimate of drug-likeness (QED) is 0.147. The molecular weight excluding hydrogens is 719 g/mol. The first-order valence-corrected chi connectivity index (χ1v) is 19.7. The second kappa shape index (κ2) is 15.8. The van der Waals surface area contributed by atoms with Crippen molar-refractivity contribution in [1.29, 1.82) is 0 Å². The van der Waals surface area contributed by atoms with E-state index in [0.29, 0.717) is 0 Å². The fraction of sp³-hybridized carbons (Fsp3) is 0. The van der Waals surface area contributed by atoms with E-state index in [1.165, 1.54) is 0 Å². The minimum Gasteiger partial charge on any atom is -0.275 e. The SMILES string of the molecule is c1ccc(-c2cc(-c3cc(-c4cc(-c5ccccc5)nc(-c5ccccc5)c4)cc(-n4c(-c5ccccc5)nnc4-c4ccccc4)c3)cc(-c3ccccc3)n2)cc1. The summed E-state index contributed by atoms with van der Waals surface area (Å²) in [7, 11) is 0. The molecule has 10 rings (SSSR count). The van der Waals surface area contributed by atoms with E-state index in [9.17, 15) is 0 Å². The maximum Gasteiger partial charge on any atom is 0.168 e. The lowest BCUT2D eigenvalue weighted by atomic mass is 9.94. The number of rotatable bonds is 9. The molecule has 5 heteroatoms. The van der Waals surface area contributed by atoms with Crippen LogP contribution in [0.2, 0.25) is 0 Å². The molecule has 0 saturated carbocycles. The summed E-state index contributed by atoms with van der Waals surface area (Å²) in [5, 5.41) is 9.70. The van der Waals surface area contributed by atoms with Crippen LogP contribution in [0.4, 0.5) is 0 Å². The molecule has 10 aromatic rings. The Bertz CT molecular complexity index is 2690. The zero-order valence-electron chi connectivity index (χ0n) is 32.1. The second-order valence-corrected chi connectivity index (χ2v) is 14.4. The van der Waals surface area contributed by atoms with Crippen molar-refractivity contribution in [3.63, 3.8) is 0 Å². The zero-order chi connectivity index (χ0) is 39.4. The van der Waals surface area contributed by atoms with Gasteiger partial charge in [0.2, 0.25) is 0 Å². The molecule has 0 atom stereocenters. The van der Waals surface area contributed by atoms with Gasteiger partial charge in [0, 0.05) is 33.4 Å². The third-order valence-corrected chi connectivity index (χ3v) is 10.5. The van der Waals surface area contributed by atoms with Gasteiger partial charge in [-0.05, 0) is 64.7 Å². The van der Waals surface area contributed by atoms with E-state index in [0.717, 1.165) is 95.7 Å². The molecule has 0 radical (unpaired) electrons. The Balaban J connectivity index is 1.27. The molecule has 0 fully saturated rings. The van der Waals surface area contributed by atoms with E-state index >= 15 is 0 Å². The molecular formula is C54H37N5. The van der Waals surface area contributed by atoms with Crippen LogP contribution in [0.1, 0.15) is 0 Å². The van der Waals surface area contributed by atoms with Gasteiger partial charge in [-0.15, -0.1) is 10.2 Å². The number of hydrogen-bond donors (Lipinski definition) is 0. The molecule has 0 saturated heterocycles. The average molecular weight is 756 g/mol. The van der Waals surface area contributed by atoms with Crippen LogP contribution in [0.25, 0.3) is 95.7 Å². The highest BCUT2D eigenvalue weighted by molar-refractivity contribution is 5.84. The third kappa shape index (κ3) is 7.37. The van der Waals surface area contributed by atoms with Crippen LogP contribution in [0.5, 0.6) is 0 Å². The van der Waals surface area contributed by atoms with Gasteiger partial charge in [-0.1, -0.05) is 182 Å². The van der Waals surface area contributed by atoms with Gasteiger partial charge in [0.1, 0.15) is 0 Å². The van der Waals surface area contributed by atoms with Crippen molar-refractivity contribution in [2.45, 2.75) is 0 Å². The number of nitrogens with zero attached hydrogens (tertiary/aromatic N) is 5. The predicted molar refractivity (Wildman–Crippen MR) is 240 cm³/mol. The van der Waals surface area contributed by atoms with E-state index in [-0.39, 0.29) is 0 Å². The number of aromatic nitrogens is 5. The van der Waals surface area contributed by atoms with Crippen LogP contribution in [-0.2, 0) is 0 Å². The molecule has 0 unspecified atom stereocenters. The van der Waals surface area contributed by atoms with Gasteiger partial charge in [-0.2, -0.15) is 0 Å². The van der Waals surface area contributed by atoms with Gasteiger partial charge < -0.3 is 0 Å². The highest BCUT2D eigenvalue weighted by atomic mass is 15.3. The molecule has 0 aliphatic heterocycles. The predicted octanol–water partition coefficient (Wildman–Crippen LogP) is 13.4. The van der Waals surface area contributed by atoms with E-state index in [4.69, 9.17) is 20.2 Å². The highest BCUT2D eigenvalue weighted by Crippen LogP contribution is 2.38. The normalized spacial score (nSPS) is 11.1. The van der Waals surface area contributed by atoms with Crippen molar-refractivity contribution in [2.75, 3.05) is 0 Å². The van der Waals surface area contributed by atoms with Crippen LogP contribution in [0.3, 0.4) is 0 Å². The van der Waals surface area contributed by atoms with Gasteiger partial charge in [-0.3, -0.25) is 4.57 Å². The lowest BCUT2D eigenvalue weighted by Crippen LogP contribution is -2.02. The maximum atomic E-state index is 5.22. The first-order valence-electron chi connectivity index (χ1n) is 19.7. The summed E-state index contributed by atoms with van der Waals surface area (Å²) in [4.78, 5) is 10.4. The van der Waals surface area contributed by atoms with Gasteiger partial charge in [-0.25, -0.2) is 9.97 Å².